The van der Waals surface area contributed by atoms with Gasteiger partial charge in [0.1, 0.15) is 17.1 Å². The molecule has 2 rings (SSSR count). The lowest BCUT2D eigenvalue weighted by Crippen LogP contribution is -2.18. The maximum Gasteiger partial charge on any atom is 0.343 e. The van der Waals surface area contributed by atoms with Gasteiger partial charge in [0, 0.05) is 0 Å². The maximum atomic E-state index is 11.8. The number of carbonyl (C=O) groups excluding carboxylic acids is 1. The first-order valence-electron chi connectivity index (χ1n) is 5.83. The van der Waals surface area contributed by atoms with Crippen molar-refractivity contribution in [2.45, 2.75) is 20.0 Å². The number of cyclic esters (lactones) is 1. The molecule has 0 unspecified atom stereocenters. The van der Waals surface area contributed by atoms with Gasteiger partial charge in [-0.2, -0.15) is 0 Å². The summed E-state index contributed by atoms with van der Waals surface area (Å²) in [7, 11) is 1.55. The predicted molar refractivity (Wildman–Crippen MR) is 67.3 cm³/mol. The first-order valence-corrected chi connectivity index (χ1v) is 5.83. The number of rotatable bonds is 3. The van der Waals surface area contributed by atoms with Gasteiger partial charge in [-0.3, -0.25) is 0 Å². The average Bonchev–Trinajstić information content (AvgIpc) is 2.65. The zero-order chi connectivity index (χ0) is 13.3. The molecule has 1 atom stereocenters. The van der Waals surface area contributed by atoms with Gasteiger partial charge < -0.3 is 14.6 Å². The predicted octanol–water partition coefficient (Wildman–Crippen LogP) is 2.55. The molecular weight excluding hydrogens is 232 g/mol. The molecule has 1 aromatic carbocycles. The monoisotopic (exact) mass is 248 g/mol. The molecule has 1 heterocycles. The van der Waals surface area contributed by atoms with Crippen molar-refractivity contribution in [3.8, 4) is 5.75 Å². The summed E-state index contributed by atoms with van der Waals surface area (Å²) in [6.45, 7) is 3.78. The van der Waals surface area contributed by atoms with E-state index in [9.17, 15) is 9.90 Å². The first-order chi connectivity index (χ1) is 8.54. The number of methoxy groups -OCH3 is 1. The highest BCUT2D eigenvalue weighted by Crippen LogP contribution is 2.33. The van der Waals surface area contributed by atoms with Crippen LogP contribution < -0.4 is 4.74 Å². The van der Waals surface area contributed by atoms with Gasteiger partial charge in [0.25, 0.3) is 0 Å². The molecule has 0 amide bonds. The van der Waals surface area contributed by atoms with Crippen molar-refractivity contribution >= 4 is 11.5 Å². The molecule has 1 aliphatic rings. The zero-order valence-corrected chi connectivity index (χ0v) is 10.6. The molecule has 96 valence electrons. The maximum absolute atomic E-state index is 11.8. The fourth-order valence-electron chi connectivity index (χ4n) is 1.97. The van der Waals surface area contributed by atoms with Crippen molar-refractivity contribution in [2.24, 2.45) is 5.92 Å². The molecule has 1 aromatic rings. The fourth-order valence-corrected chi connectivity index (χ4v) is 1.97. The van der Waals surface area contributed by atoms with E-state index in [0.717, 1.165) is 0 Å². The van der Waals surface area contributed by atoms with Crippen LogP contribution in [0.2, 0.25) is 0 Å². The average molecular weight is 248 g/mol. The van der Waals surface area contributed by atoms with Crippen LogP contribution in [0.4, 0.5) is 0 Å². The second-order valence-corrected chi connectivity index (χ2v) is 4.56. The molecule has 0 aliphatic carbocycles. The van der Waals surface area contributed by atoms with Crippen LogP contribution in [-0.4, -0.2) is 24.3 Å². The van der Waals surface area contributed by atoms with Crippen LogP contribution in [0.25, 0.3) is 5.57 Å². The lowest BCUT2D eigenvalue weighted by molar-refractivity contribution is -0.140. The molecule has 1 aliphatic heterocycles. The minimum Gasteiger partial charge on any atom is -0.507 e. The quantitative estimate of drug-likeness (QED) is 0.835. The van der Waals surface area contributed by atoms with E-state index in [4.69, 9.17) is 9.47 Å². The number of aliphatic hydroxyl groups excluding tert-OH is 1. The number of carbonyl (C=O) groups is 1. The van der Waals surface area contributed by atoms with Gasteiger partial charge in [-0.15, -0.1) is 0 Å². The molecule has 0 bridgehead atoms. The number of aliphatic hydroxyl groups is 1. The molecule has 4 nitrogen and oxygen atoms in total. The SMILES string of the molecule is COc1cccc(C2=C(O)[C@H](C(C)C)OC2=O)c1. The number of benzene rings is 1. The third-order valence-corrected chi connectivity index (χ3v) is 2.93. The highest BCUT2D eigenvalue weighted by atomic mass is 16.6. The normalized spacial score (nSPS) is 19.3. The van der Waals surface area contributed by atoms with Gasteiger partial charge in [0.05, 0.1) is 7.11 Å². The Kier molecular flexibility index (Phi) is 3.28. The summed E-state index contributed by atoms with van der Waals surface area (Å²) < 4.78 is 10.3. The van der Waals surface area contributed by atoms with Crippen molar-refractivity contribution in [1.82, 2.24) is 0 Å². The highest BCUT2D eigenvalue weighted by Gasteiger charge is 2.36. The van der Waals surface area contributed by atoms with Crippen LogP contribution in [0.3, 0.4) is 0 Å². The van der Waals surface area contributed by atoms with E-state index in [1.165, 1.54) is 0 Å². The fraction of sp³-hybridized carbons (Fsp3) is 0.357. The van der Waals surface area contributed by atoms with Crippen molar-refractivity contribution in [2.75, 3.05) is 7.11 Å². The minimum atomic E-state index is -0.557. The third-order valence-electron chi connectivity index (χ3n) is 2.93. The van der Waals surface area contributed by atoms with Gasteiger partial charge in [-0.05, 0) is 23.6 Å². The van der Waals surface area contributed by atoms with E-state index in [0.29, 0.717) is 11.3 Å². The Morgan fingerprint density at radius 1 is 1.39 bits per heavy atom. The van der Waals surface area contributed by atoms with E-state index in [-0.39, 0.29) is 17.3 Å². The molecule has 0 aromatic heterocycles. The smallest absolute Gasteiger partial charge is 0.343 e. The summed E-state index contributed by atoms with van der Waals surface area (Å²) >= 11 is 0. The van der Waals surface area contributed by atoms with Crippen molar-refractivity contribution in [1.29, 1.82) is 0 Å². The molecule has 0 saturated heterocycles. The van der Waals surface area contributed by atoms with Gasteiger partial charge in [0.2, 0.25) is 0 Å². The molecule has 18 heavy (non-hydrogen) atoms. The van der Waals surface area contributed by atoms with Crippen molar-refractivity contribution < 1.29 is 19.4 Å². The van der Waals surface area contributed by atoms with E-state index in [1.54, 1.807) is 31.4 Å². The van der Waals surface area contributed by atoms with Crippen LogP contribution in [0, 0.1) is 5.92 Å². The van der Waals surface area contributed by atoms with Crippen molar-refractivity contribution in [3.63, 3.8) is 0 Å². The molecule has 4 heteroatoms. The van der Waals surface area contributed by atoms with Crippen LogP contribution in [0.1, 0.15) is 19.4 Å². The second kappa shape index (κ2) is 4.72. The Balaban J connectivity index is 2.45. The van der Waals surface area contributed by atoms with Gasteiger partial charge >= 0.3 is 5.97 Å². The third kappa shape index (κ3) is 2.06. The van der Waals surface area contributed by atoms with Gasteiger partial charge in [-0.1, -0.05) is 26.0 Å². The van der Waals surface area contributed by atoms with Gasteiger partial charge in [0.15, 0.2) is 6.10 Å². The summed E-state index contributed by atoms with van der Waals surface area (Å²) in [6.07, 6.45) is -0.557. The number of ether oxygens (including phenoxy) is 2. The van der Waals surface area contributed by atoms with Crippen molar-refractivity contribution in [3.05, 3.63) is 35.6 Å². The lowest BCUT2D eigenvalue weighted by atomic mass is 10.0. The highest BCUT2D eigenvalue weighted by molar-refractivity contribution is 6.19. The molecular formula is C14H16O4. The zero-order valence-electron chi connectivity index (χ0n) is 10.6. The molecule has 1 N–H and O–H groups in total. The van der Waals surface area contributed by atoms with E-state index in [1.807, 2.05) is 13.8 Å². The number of esters is 1. The van der Waals surface area contributed by atoms with Crippen LogP contribution >= 0.6 is 0 Å². The van der Waals surface area contributed by atoms with E-state index in [2.05, 4.69) is 0 Å². The Bertz CT molecular complexity index is 502. The standard InChI is InChI=1S/C14H16O4/c1-8(2)13-12(15)11(14(16)18-13)9-5-4-6-10(7-9)17-3/h4-8,13,15H,1-3H3/t13-/m0/s1. The summed E-state index contributed by atoms with van der Waals surface area (Å²) in [6, 6.07) is 7.00. The topological polar surface area (TPSA) is 55.8 Å². The summed E-state index contributed by atoms with van der Waals surface area (Å²) in [4.78, 5) is 11.8. The first kappa shape index (κ1) is 12.5. The lowest BCUT2D eigenvalue weighted by Gasteiger charge is -2.13. The van der Waals surface area contributed by atoms with Crippen LogP contribution in [-0.2, 0) is 9.53 Å². The Morgan fingerprint density at radius 2 is 2.11 bits per heavy atom. The number of hydrogen-bond donors (Lipinski definition) is 1. The van der Waals surface area contributed by atoms with Gasteiger partial charge in [-0.25, -0.2) is 4.79 Å². The molecule has 0 spiro atoms. The summed E-state index contributed by atoms with van der Waals surface area (Å²) in [5.41, 5.74) is 0.840. The molecule has 0 fully saturated rings. The summed E-state index contributed by atoms with van der Waals surface area (Å²) in [5, 5.41) is 10.1. The van der Waals surface area contributed by atoms with E-state index >= 15 is 0 Å². The Morgan fingerprint density at radius 3 is 2.67 bits per heavy atom. The largest absolute Gasteiger partial charge is 0.507 e. The molecule has 0 saturated carbocycles. The Labute approximate surface area is 106 Å². The number of hydrogen-bond acceptors (Lipinski definition) is 4. The summed E-state index contributed by atoms with van der Waals surface area (Å²) in [5.74, 6) is 0.188. The second-order valence-electron chi connectivity index (χ2n) is 4.56. The van der Waals surface area contributed by atoms with Crippen LogP contribution in [0.5, 0.6) is 5.75 Å². The van der Waals surface area contributed by atoms with E-state index < -0.39 is 12.1 Å². The molecule has 0 radical (unpaired) electrons. The van der Waals surface area contributed by atoms with Crippen LogP contribution in [0.15, 0.2) is 30.0 Å². The minimum absolute atomic E-state index is 0.00301. The Hall–Kier alpha value is -1.97.